The highest BCUT2D eigenvalue weighted by Gasteiger charge is 2.26. The molecule has 0 bridgehead atoms. The Morgan fingerprint density at radius 1 is 1.19 bits per heavy atom. The Bertz CT molecular complexity index is 1010. The number of primary amides is 1. The second-order valence-corrected chi connectivity index (χ2v) is 6.87. The Morgan fingerprint density at radius 2 is 2.04 bits per heavy atom. The van der Waals surface area contributed by atoms with Crippen LogP contribution >= 0.6 is 11.7 Å². The van der Waals surface area contributed by atoms with Crippen LogP contribution in [-0.4, -0.2) is 49.6 Å². The molecular weight excluding hydrogens is 366 g/mol. The molecule has 27 heavy (non-hydrogen) atoms. The molecule has 1 aromatic carbocycles. The Hall–Kier alpha value is -3.07. The van der Waals surface area contributed by atoms with Gasteiger partial charge in [-0.25, -0.2) is 0 Å². The number of benzene rings is 1. The lowest BCUT2D eigenvalue weighted by atomic mass is 10.1. The molecule has 1 atom stereocenters. The summed E-state index contributed by atoms with van der Waals surface area (Å²) in [6.07, 6.45) is 2.99. The number of amides is 2. The van der Waals surface area contributed by atoms with Gasteiger partial charge in [-0.15, -0.1) is 0 Å². The van der Waals surface area contributed by atoms with Crippen LogP contribution in [0.15, 0.2) is 36.5 Å². The number of carbonyl (C=O) groups is 2. The van der Waals surface area contributed by atoms with E-state index in [-0.39, 0.29) is 17.7 Å². The standard InChI is InChI=1S/C18H17N5O3S/c19-17(24)16-9-12(5-6-20-16)26-13-2-1-7-23(10-13)18(25)11-3-4-14-15(8-11)22-27-21-14/h3-6,8-9,13H,1-2,7,10H2,(H2,19,24). The minimum absolute atomic E-state index is 0.0502. The van der Waals surface area contributed by atoms with Crippen LogP contribution in [-0.2, 0) is 0 Å². The summed E-state index contributed by atoms with van der Waals surface area (Å²) in [5, 5.41) is 0. The number of ether oxygens (including phenoxy) is 1. The zero-order valence-corrected chi connectivity index (χ0v) is 15.2. The lowest BCUT2D eigenvalue weighted by molar-refractivity contribution is 0.0538. The number of nitrogens with two attached hydrogens (primary N) is 1. The average Bonchev–Trinajstić information content (AvgIpc) is 3.15. The van der Waals surface area contributed by atoms with Gasteiger partial charge in [0.2, 0.25) is 0 Å². The summed E-state index contributed by atoms with van der Waals surface area (Å²) in [6.45, 7) is 1.15. The van der Waals surface area contributed by atoms with Crippen LogP contribution in [0.2, 0.25) is 0 Å². The van der Waals surface area contributed by atoms with Crippen molar-refractivity contribution in [3.8, 4) is 5.75 Å². The molecule has 8 nitrogen and oxygen atoms in total. The van der Waals surface area contributed by atoms with Crippen molar-refractivity contribution in [2.24, 2.45) is 5.73 Å². The molecule has 0 spiro atoms. The zero-order chi connectivity index (χ0) is 18.8. The number of carbonyl (C=O) groups excluding carboxylic acids is 2. The predicted octanol–water partition coefficient (Wildman–Crippen LogP) is 1.87. The topological polar surface area (TPSA) is 111 Å². The van der Waals surface area contributed by atoms with Gasteiger partial charge in [0, 0.05) is 24.4 Å². The zero-order valence-electron chi connectivity index (χ0n) is 14.4. The van der Waals surface area contributed by atoms with Gasteiger partial charge >= 0.3 is 0 Å². The fourth-order valence-electron chi connectivity index (χ4n) is 3.13. The van der Waals surface area contributed by atoms with E-state index in [0.29, 0.717) is 24.4 Å². The van der Waals surface area contributed by atoms with E-state index in [1.54, 1.807) is 23.1 Å². The Kier molecular flexibility index (Phi) is 4.68. The second-order valence-electron chi connectivity index (χ2n) is 6.34. The van der Waals surface area contributed by atoms with Crippen molar-refractivity contribution in [3.05, 3.63) is 47.8 Å². The van der Waals surface area contributed by atoms with E-state index >= 15 is 0 Å². The van der Waals surface area contributed by atoms with Gasteiger partial charge in [-0.1, -0.05) is 0 Å². The van der Waals surface area contributed by atoms with Crippen molar-refractivity contribution in [1.29, 1.82) is 0 Å². The van der Waals surface area contributed by atoms with E-state index in [9.17, 15) is 9.59 Å². The van der Waals surface area contributed by atoms with Gasteiger partial charge in [0.15, 0.2) is 0 Å². The van der Waals surface area contributed by atoms with Crippen molar-refractivity contribution in [2.75, 3.05) is 13.1 Å². The van der Waals surface area contributed by atoms with Crippen molar-refractivity contribution < 1.29 is 14.3 Å². The van der Waals surface area contributed by atoms with Crippen LogP contribution in [0.1, 0.15) is 33.7 Å². The van der Waals surface area contributed by atoms with E-state index < -0.39 is 5.91 Å². The van der Waals surface area contributed by atoms with Gasteiger partial charge in [-0.3, -0.25) is 14.6 Å². The summed E-state index contributed by atoms with van der Waals surface area (Å²) in [5.74, 6) is -0.133. The van der Waals surface area contributed by atoms with E-state index in [1.807, 2.05) is 6.07 Å². The molecule has 0 aliphatic carbocycles. The third kappa shape index (κ3) is 3.72. The molecule has 138 valence electrons. The molecule has 3 aromatic rings. The van der Waals surface area contributed by atoms with Crippen molar-refractivity contribution in [1.82, 2.24) is 18.6 Å². The Labute approximate surface area is 159 Å². The summed E-state index contributed by atoms with van der Waals surface area (Å²) in [4.78, 5) is 29.8. The highest BCUT2D eigenvalue weighted by Crippen LogP contribution is 2.21. The molecule has 3 heterocycles. The number of hydrogen-bond acceptors (Lipinski definition) is 7. The van der Waals surface area contributed by atoms with E-state index in [2.05, 4.69) is 13.7 Å². The van der Waals surface area contributed by atoms with Gasteiger partial charge in [-0.2, -0.15) is 8.75 Å². The maximum atomic E-state index is 12.9. The average molecular weight is 383 g/mol. The van der Waals surface area contributed by atoms with Crippen molar-refractivity contribution in [3.63, 3.8) is 0 Å². The molecule has 2 amide bonds. The largest absolute Gasteiger partial charge is 0.488 e. The highest BCUT2D eigenvalue weighted by molar-refractivity contribution is 7.00. The number of piperidine rings is 1. The van der Waals surface area contributed by atoms with Crippen molar-refractivity contribution >= 4 is 34.6 Å². The maximum absolute atomic E-state index is 12.9. The van der Waals surface area contributed by atoms with Crippen LogP contribution in [0.4, 0.5) is 0 Å². The quantitative estimate of drug-likeness (QED) is 0.736. The van der Waals surface area contributed by atoms with Gasteiger partial charge in [0.25, 0.3) is 11.8 Å². The third-order valence-corrected chi connectivity index (χ3v) is 5.01. The number of fused-ring (bicyclic) bond motifs is 1. The third-order valence-electron chi connectivity index (χ3n) is 4.45. The smallest absolute Gasteiger partial charge is 0.267 e. The number of likely N-dealkylation sites (tertiary alicyclic amines) is 1. The van der Waals surface area contributed by atoms with Crippen LogP contribution < -0.4 is 10.5 Å². The van der Waals surface area contributed by atoms with E-state index in [1.165, 1.54) is 12.3 Å². The van der Waals surface area contributed by atoms with Crippen molar-refractivity contribution in [2.45, 2.75) is 18.9 Å². The van der Waals surface area contributed by atoms with Gasteiger partial charge in [0.1, 0.15) is 28.6 Å². The summed E-state index contributed by atoms with van der Waals surface area (Å²) >= 11 is 1.13. The molecule has 4 rings (SSSR count). The Balaban J connectivity index is 1.46. The molecule has 1 fully saturated rings. The first kappa shape index (κ1) is 17.3. The second kappa shape index (κ2) is 7.28. The maximum Gasteiger partial charge on any atom is 0.267 e. The minimum atomic E-state index is -0.604. The molecular formula is C18H17N5O3S. The van der Waals surface area contributed by atoms with Crippen LogP contribution in [0.3, 0.4) is 0 Å². The van der Waals surface area contributed by atoms with E-state index in [4.69, 9.17) is 10.5 Å². The molecule has 1 saturated heterocycles. The van der Waals surface area contributed by atoms with Gasteiger partial charge in [0.05, 0.1) is 18.3 Å². The summed E-state index contributed by atoms with van der Waals surface area (Å²) in [5.41, 5.74) is 7.52. The fraction of sp³-hybridized carbons (Fsp3) is 0.278. The molecule has 2 aromatic heterocycles. The number of aromatic nitrogens is 3. The number of pyridine rings is 1. The molecule has 1 unspecified atom stereocenters. The Morgan fingerprint density at radius 3 is 2.89 bits per heavy atom. The van der Waals surface area contributed by atoms with Gasteiger partial charge < -0.3 is 15.4 Å². The fourth-order valence-corrected chi connectivity index (χ4v) is 3.65. The monoisotopic (exact) mass is 383 g/mol. The van der Waals surface area contributed by atoms with Gasteiger partial charge in [-0.05, 0) is 37.1 Å². The van der Waals surface area contributed by atoms with E-state index in [0.717, 1.165) is 35.6 Å². The van der Waals surface area contributed by atoms with Crippen LogP contribution in [0.25, 0.3) is 11.0 Å². The highest BCUT2D eigenvalue weighted by atomic mass is 32.1. The normalized spacial score (nSPS) is 17.0. The number of hydrogen-bond donors (Lipinski definition) is 1. The van der Waals surface area contributed by atoms with Crippen LogP contribution in [0, 0.1) is 0 Å². The first-order chi connectivity index (χ1) is 13.1. The lowest BCUT2D eigenvalue weighted by Gasteiger charge is -2.33. The molecule has 1 aliphatic heterocycles. The molecule has 1 aliphatic rings. The number of nitrogens with zero attached hydrogens (tertiary/aromatic N) is 4. The molecule has 9 heteroatoms. The number of rotatable bonds is 4. The van der Waals surface area contributed by atoms with Crippen LogP contribution in [0.5, 0.6) is 5.75 Å². The SMILES string of the molecule is NC(=O)c1cc(OC2CCCN(C(=O)c3ccc4nsnc4c3)C2)ccn1. The first-order valence-corrected chi connectivity index (χ1v) is 9.27. The summed E-state index contributed by atoms with van der Waals surface area (Å²) in [6, 6.07) is 8.56. The predicted molar refractivity (Wildman–Crippen MR) is 99.7 cm³/mol. The first-order valence-electron chi connectivity index (χ1n) is 8.54. The molecule has 0 saturated carbocycles. The summed E-state index contributed by atoms with van der Waals surface area (Å²) in [7, 11) is 0. The minimum Gasteiger partial charge on any atom is -0.488 e. The summed E-state index contributed by atoms with van der Waals surface area (Å²) < 4.78 is 14.3. The molecule has 0 radical (unpaired) electrons. The lowest BCUT2D eigenvalue weighted by Crippen LogP contribution is -2.44. The molecule has 2 N–H and O–H groups in total.